The van der Waals surface area contributed by atoms with E-state index in [1.54, 1.807) is 42.9 Å². The Morgan fingerprint density at radius 3 is 2.80 bits per heavy atom. The molecule has 1 atom stereocenters. The number of aliphatic hydroxyl groups excluding tert-OH is 1. The molecule has 0 bridgehead atoms. The van der Waals surface area contributed by atoms with Crippen molar-refractivity contribution in [2.24, 2.45) is 5.92 Å². The van der Waals surface area contributed by atoms with E-state index in [0.717, 1.165) is 38.2 Å². The lowest BCUT2D eigenvalue weighted by Gasteiger charge is -2.24. The Bertz CT molecular complexity index is 970. The van der Waals surface area contributed by atoms with Crippen LogP contribution in [0.4, 0.5) is 0 Å². The maximum Gasteiger partial charge on any atom is 0.223 e. The first-order valence-corrected chi connectivity index (χ1v) is 9.88. The van der Waals surface area contributed by atoms with E-state index in [9.17, 15) is 10.2 Å². The van der Waals surface area contributed by atoms with E-state index >= 15 is 0 Å². The van der Waals surface area contributed by atoms with Crippen LogP contribution in [0.3, 0.4) is 0 Å². The molecule has 1 saturated heterocycles. The highest BCUT2D eigenvalue weighted by Crippen LogP contribution is 2.31. The molecule has 4 rings (SSSR count). The number of nitrogens with one attached hydrogen (secondary N) is 1. The molecule has 4 heterocycles. The van der Waals surface area contributed by atoms with Crippen LogP contribution in [0.25, 0.3) is 16.9 Å². The van der Waals surface area contributed by atoms with Crippen molar-refractivity contribution in [3.05, 3.63) is 48.4 Å². The van der Waals surface area contributed by atoms with Gasteiger partial charge in [0.15, 0.2) is 5.82 Å². The van der Waals surface area contributed by atoms with Crippen molar-refractivity contribution in [1.29, 1.82) is 0 Å². The highest BCUT2D eigenvalue weighted by Gasteiger charge is 2.17. The first kappa shape index (κ1) is 20.3. The van der Waals surface area contributed by atoms with Crippen LogP contribution in [-0.2, 0) is 4.74 Å². The Morgan fingerprint density at radius 2 is 2.07 bits per heavy atom. The molecule has 3 N–H and O–H groups in total. The number of aromatic nitrogens is 4. The number of methoxy groups -OCH3 is 1. The van der Waals surface area contributed by atoms with E-state index in [0.29, 0.717) is 28.7 Å². The fraction of sp³-hybridized carbons (Fsp3) is 0.381. The summed E-state index contributed by atoms with van der Waals surface area (Å²) in [6, 6.07) is 6.96. The second-order valence-electron chi connectivity index (χ2n) is 7.20. The van der Waals surface area contributed by atoms with Gasteiger partial charge in [-0.3, -0.25) is 5.32 Å². The third-order valence-corrected chi connectivity index (χ3v) is 5.24. The number of hydrogen-bond acceptors (Lipinski definition) is 8. The summed E-state index contributed by atoms with van der Waals surface area (Å²) < 4.78 is 11.8. The molecule has 158 valence electrons. The van der Waals surface area contributed by atoms with E-state index in [1.165, 1.54) is 11.8 Å². The molecular weight excluding hydrogens is 386 g/mol. The highest BCUT2D eigenvalue weighted by molar-refractivity contribution is 5.69. The normalized spacial score (nSPS) is 15.8. The van der Waals surface area contributed by atoms with Gasteiger partial charge in [0.1, 0.15) is 6.23 Å². The number of aliphatic hydroxyl groups is 1. The Morgan fingerprint density at radius 1 is 1.23 bits per heavy atom. The molecular formula is C21H25N5O4. The van der Waals surface area contributed by atoms with Crippen LogP contribution in [0.2, 0.25) is 0 Å². The number of rotatable bonds is 7. The van der Waals surface area contributed by atoms with Gasteiger partial charge in [-0.2, -0.15) is 9.78 Å². The van der Waals surface area contributed by atoms with Gasteiger partial charge in [-0.25, -0.2) is 9.97 Å². The van der Waals surface area contributed by atoms with Gasteiger partial charge in [0, 0.05) is 43.8 Å². The summed E-state index contributed by atoms with van der Waals surface area (Å²) in [7, 11) is 1.54. The van der Waals surface area contributed by atoms with E-state index in [4.69, 9.17) is 9.47 Å². The quantitative estimate of drug-likeness (QED) is 0.506. The second-order valence-corrected chi connectivity index (χ2v) is 7.20. The molecule has 1 fully saturated rings. The van der Waals surface area contributed by atoms with Gasteiger partial charge in [0.25, 0.3) is 0 Å². The van der Waals surface area contributed by atoms with Gasteiger partial charge < -0.3 is 19.7 Å². The van der Waals surface area contributed by atoms with Crippen LogP contribution < -0.4 is 10.1 Å². The smallest absolute Gasteiger partial charge is 0.223 e. The Labute approximate surface area is 174 Å². The Hall–Kier alpha value is -3.01. The van der Waals surface area contributed by atoms with Crippen LogP contribution in [0.15, 0.2) is 42.9 Å². The minimum absolute atomic E-state index is 0.0401. The van der Waals surface area contributed by atoms with Gasteiger partial charge in [0.2, 0.25) is 11.8 Å². The largest absolute Gasteiger partial charge is 0.493 e. The fourth-order valence-electron chi connectivity index (χ4n) is 3.43. The first-order valence-electron chi connectivity index (χ1n) is 9.88. The zero-order valence-corrected chi connectivity index (χ0v) is 16.7. The standard InChI is InChI=1S/C21H25N5O4/c1-29-19-10-15(4-7-22-19)17-13-25-26(21(17)28)18-3-2-16(12-23-18)20(27)24-11-14-5-8-30-9-6-14/h2-4,7,10,12-14,20,24,27-28H,5-6,8-9,11H2,1H3. The molecule has 3 aromatic heterocycles. The fourth-order valence-corrected chi connectivity index (χ4v) is 3.43. The SMILES string of the molecule is COc1cc(-c2cnn(-c3ccc(C(O)NCC4CCOCC4)cn3)c2O)ccn1. The average molecular weight is 411 g/mol. The number of nitrogens with zero attached hydrogens (tertiary/aromatic N) is 4. The average Bonchev–Trinajstić information content (AvgIpc) is 3.19. The molecule has 9 nitrogen and oxygen atoms in total. The summed E-state index contributed by atoms with van der Waals surface area (Å²) in [6.45, 7) is 2.28. The molecule has 0 saturated carbocycles. The zero-order chi connectivity index (χ0) is 20.9. The van der Waals surface area contributed by atoms with Crippen LogP contribution in [-0.4, -0.2) is 56.8 Å². The number of ether oxygens (including phenoxy) is 2. The predicted molar refractivity (Wildman–Crippen MR) is 109 cm³/mol. The number of hydrogen-bond donors (Lipinski definition) is 3. The highest BCUT2D eigenvalue weighted by atomic mass is 16.5. The molecule has 1 aliphatic rings. The first-order chi connectivity index (χ1) is 14.7. The minimum Gasteiger partial charge on any atom is -0.493 e. The molecule has 0 aromatic carbocycles. The number of pyridine rings is 2. The summed E-state index contributed by atoms with van der Waals surface area (Å²) in [6.07, 6.45) is 5.94. The Balaban J connectivity index is 1.45. The summed E-state index contributed by atoms with van der Waals surface area (Å²) in [5.41, 5.74) is 1.92. The third-order valence-electron chi connectivity index (χ3n) is 5.24. The van der Waals surface area contributed by atoms with Crippen molar-refractivity contribution < 1.29 is 19.7 Å². The van der Waals surface area contributed by atoms with Gasteiger partial charge in [-0.05, 0) is 42.5 Å². The zero-order valence-electron chi connectivity index (χ0n) is 16.7. The monoisotopic (exact) mass is 411 g/mol. The van der Waals surface area contributed by atoms with Crippen molar-refractivity contribution in [2.75, 3.05) is 26.9 Å². The van der Waals surface area contributed by atoms with Crippen molar-refractivity contribution in [3.63, 3.8) is 0 Å². The van der Waals surface area contributed by atoms with Crippen LogP contribution in [0.5, 0.6) is 11.8 Å². The molecule has 0 spiro atoms. The van der Waals surface area contributed by atoms with Gasteiger partial charge in [0.05, 0.1) is 18.9 Å². The van der Waals surface area contributed by atoms with Gasteiger partial charge >= 0.3 is 0 Å². The van der Waals surface area contributed by atoms with Gasteiger partial charge in [-0.1, -0.05) is 0 Å². The van der Waals surface area contributed by atoms with E-state index in [-0.39, 0.29) is 5.88 Å². The molecule has 1 unspecified atom stereocenters. The van der Waals surface area contributed by atoms with E-state index < -0.39 is 6.23 Å². The van der Waals surface area contributed by atoms with Crippen molar-refractivity contribution in [2.45, 2.75) is 19.1 Å². The molecule has 30 heavy (non-hydrogen) atoms. The molecule has 0 aliphatic carbocycles. The maximum absolute atomic E-state index is 10.6. The summed E-state index contributed by atoms with van der Waals surface area (Å²) in [5, 5.41) is 28.4. The van der Waals surface area contributed by atoms with Crippen molar-refractivity contribution in [1.82, 2.24) is 25.1 Å². The molecule has 1 aliphatic heterocycles. The lowest BCUT2D eigenvalue weighted by molar-refractivity contribution is 0.0568. The maximum atomic E-state index is 10.6. The lowest BCUT2D eigenvalue weighted by atomic mass is 10.0. The van der Waals surface area contributed by atoms with Crippen LogP contribution in [0.1, 0.15) is 24.6 Å². The second kappa shape index (κ2) is 9.21. The topological polar surface area (TPSA) is 115 Å². The third kappa shape index (κ3) is 4.43. The lowest BCUT2D eigenvalue weighted by Crippen LogP contribution is -2.30. The molecule has 3 aromatic rings. The Kier molecular flexibility index (Phi) is 6.22. The predicted octanol–water partition coefficient (Wildman–Crippen LogP) is 2.05. The molecule has 0 radical (unpaired) electrons. The number of aromatic hydroxyl groups is 1. The molecule has 0 amide bonds. The van der Waals surface area contributed by atoms with Gasteiger partial charge in [-0.15, -0.1) is 0 Å². The van der Waals surface area contributed by atoms with E-state index in [1.807, 2.05) is 0 Å². The van der Waals surface area contributed by atoms with Crippen molar-refractivity contribution >= 4 is 0 Å². The van der Waals surface area contributed by atoms with Crippen LogP contribution in [0, 0.1) is 5.92 Å². The van der Waals surface area contributed by atoms with Crippen LogP contribution >= 0.6 is 0 Å². The van der Waals surface area contributed by atoms with Crippen molar-refractivity contribution in [3.8, 4) is 28.7 Å². The summed E-state index contributed by atoms with van der Waals surface area (Å²) in [4.78, 5) is 8.42. The minimum atomic E-state index is -0.805. The summed E-state index contributed by atoms with van der Waals surface area (Å²) >= 11 is 0. The molecule has 9 heteroatoms. The van der Waals surface area contributed by atoms with E-state index in [2.05, 4.69) is 20.4 Å². The summed E-state index contributed by atoms with van der Waals surface area (Å²) in [5.74, 6) is 1.36.